The summed E-state index contributed by atoms with van der Waals surface area (Å²) < 4.78 is 0. The minimum Gasteiger partial charge on any atom is -0.481 e. The van der Waals surface area contributed by atoms with Crippen molar-refractivity contribution in [1.29, 1.82) is 0 Å². The fraction of sp³-hybridized carbons (Fsp3) is 0.500. The predicted octanol–water partition coefficient (Wildman–Crippen LogP) is 1.20. The van der Waals surface area contributed by atoms with E-state index in [0.717, 1.165) is 19.6 Å². The number of likely N-dealkylation sites (tertiary alicyclic amines) is 1. The second-order valence-electron chi connectivity index (χ2n) is 5.00. The Balaban J connectivity index is 1.72. The van der Waals surface area contributed by atoms with Crippen LogP contribution in [-0.2, 0) is 11.3 Å². The first-order valence-electron chi connectivity index (χ1n) is 6.29. The molecule has 1 unspecified atom stereocenters. The number of nitrogens with zero attached hydrogens (tertiary/aromatic N) is 1. The van der Waals surface area contributed by atoms with E-state index in [9.17, 15) is 4.79 Å². The molecule has 1 aromatic carbocycles. The average molecular weight is 249 g/mol. The van der Waals surface area contributed by atoms with Crippen LogP contribution in [0.5, 0.6) is 0 Å². The summed E-state index contributed by atoms with van der Waals surface area (Å²) in [5, 5.41) is 17.8. The lowest BCUT2D eigenvalue weighted by Gasteiger charge is -2.40. The molecule has 1 aliphatic heterocycles. The van der Waals surface area contributed by atoms with Gasteiger partial charge in [-0.25, -0.2) is 0 Å². The van der Waals surface area contributed by atoms with E-state index in [2.05, 4.69) is 17.0 Å². The lowest BCUT2D eigenvalue weighted by Crippen LogP contribution is -2.47. The van der Waals surface area contributed by atoms with Crippen LogP contribution in [-0.4, -0.2) is 40.8 Å². The summed E-state index contributed by atoms with van der Waals surface area (Å²) in [4.78, 5) is 13.1. The van der Waals surface area contributed by atoms with E-state index in [1.54, 1.807) is 0 Å². The summed E-state index contributed by atoms with van der Waals surface area (Å²) in [5.74, 6) is -1.09. The summed E-state index contributed by atoms with van der Waals surface area (Å²) >= 11 is 0. The molecule has 4 heteroatoms. The molecule has 0 aliphatic carbocycles. The number of carboxylic acid groups (broad SMARTS) is 1. The van der Waals surface area contributed by atoms with E-state index >= 15 is 0 Å². The quantitative estimate of drug-likeness (QED) is 0.795. The van der Waals surface area contributed by atoms with Gasteiger partial charge in [0, 0.05) is 19.6 Å². The van der Waals surface area contributed by atoms with E-state index in [0.29, 0.717) is 12.3 Å². The molecule has 0 bridgehead atoms. The first-order chi connectivity index (χ1) is 8.69. The second kappa shape index (κ2) is 5.98. The van der Waals surface area contributed by atoms with Gasteiger partial charge in [-0.1, -0.05) is 30.3 Å². The number of hydrogen-bond acceptors (Lipinski definition) is 3. The van der Waals surface area contributed by atoms with Gasteiger partial charge >= 0.3 is 5.97 Å². The Morgan fingerprint density at radius 3 is 2.56 bits per heavy atom. The highest BCUT2D eigenvalue weighted by Gasteiger charge is 2.30. The van der Waals surface area contributed by atoms with Crippen LogP contribution < -0.4 is 0 Å². The van der Waals surface area contributed by atoms with Gasteiger partial charge in [-0.15, -0.1) is 0 Å². The smallest absolute Gasteiger partial charge is 0.308 e. The molecule has 2 rings (SSSR count). The maximum atomic E-state index is 10.8. The fourth-order valence-electron chi connectivity index (χ4n) is 2.45. The minimum absolute atomic E-state index is 0.259. The average Bonchev–Trinajstić information content (AvgIpc) is 2.32. The Morgan fingerprint density at radius 1 is 1.33 bits per heavy atom. The molecule has 18 heavy (non-hydrogen) atoms. The lowest BCUT2D eigenvalue weighted by molar-refractivity contribution is -0.144. The molecular formula is C14H19NO3. The highest BCUT2D eigenvalue weighted by atomic mass is 16.4. The second-order valence-corrected chi connectivity index (χ2v) is 5.00. The van der Waals surface area contributed by atoms with Gasteiger partial charge in [-0.3, -0.25) is 9.69 Å². The molecule has 1 heterocycles. The van der Waals surface area contributed by atoms with Crippen molar-refractivity contribution in [3.63, 3.8) is 0 Å². The van der Waals surface area contributed by atoms with E-state index in [1.807, 2.05) is 18.2 Å². The van der Waals surface area contributed by atoms with Gasteiger partial charge in [0.15, 0.2) is 0 Å². The van der Waals surface area contributed by atoms with Gasteiger partial charge in [0.2, 0.25) is 0 Å². The molecule has 1 aromatic rings. The van der Waals surface area contributed by atoms with Crippen molar-refractivity contribution < 1.29 is 15.0 Å². The molecule has 1 atom stereocenters. The predicted molar refractivity (Wildman–Crippen MR) is 68.0 cm³/mol. The third-order valence-electron chi connectivity index (χ3n) is 3.47. The molecule has 1 saturated heterocycles. The van der Waals surface area contributed by atoms with Crippen LogP contribution in [0.4, 0.5) is 0 Å². The lowest BCUT2D eigenvalue weighted by atomic mass is 9.88. The zero-order chi connectivity index (χ0) is 13.0. The fourth-order valence-corrected chi connectivity index (χ4v) is 2.45. The van der Waals surface area contributed by atoms with Gasteiger partial charge < -0.3 is 10.2 Å². The Morgan fingerprint density at radius 2 is 2.00 bits per heavy atom. The normalized spacial score (nSPS) is 18.3. The number of benzene rings is 1. The molecule has 98 valence electrons. The zero-order valence-electron chi connectivity index (χ0n) is 10.3. The first-order valence-corrected chi connectivity index (χ1v) is 6.29. The van der Waals surface area contributed by atoms with Crippen molar-refractivity contribution in [3.8, 4) is 0 Å². The van der Waals surface area contributed by atoms with Crippen molar-refractivity contribution in [1.82, 2.24) is 4.90 Å². The third kappa shape index (κ3) is 3.31. The maximum Gasteiger partial charge on any atom is 0.308 e. The Labute approximate surface area is 107 Å². The van der Waals surface area contributed by atoms with Crippen LogP contribution in [0.15, 0.2) is 30.3 Å². The number of aliphatic hydroxyl groups excluding tert-OH is 1. The first kappa shape index (κ1) is 13.1. The number of carboxylic acids is 1. The van der Waals surface area contributed by atoms with Gasteiger partial charge in [-0.05, 0) is 17.9 Å². The van der Waals surface area contributed by atoms with Crippen molar-refractivity contribution >= 4 is 5.97 Å². The van der Waals surface area contributed by atoms with E-state index in [4.69, 9.17) is 10.2 Å². The van der Waals surface area contributed by atoms with Crippen LogP contribution in [0, 0.1) is 11.8 Å². The van der Waals surface area contributed by atoms with Crippen molar-refractivity contribution in [2.75, 3.05) is 19.7 Å². The molecule has 0 radical (unpaired) electrons. The SMILES string of the molecule is O=C(O)C(CO)CC1CN(Cc2ccccc2)C1. The highest BCUT2D eigenvalue weighted by Crippen LogP contribution is 2.24. The summed E-state index contributed by atoms with van der Waals surface area (Å²) in [6.07, 6.45) is 0.580. The molecule has 0 amide bonds. The molecule has 1 aliphatic rings. The van der Waals surface area contributed by atoms with Crippen LogP contribution in [0.1, 0.15) is 12.0 Å². The van der Waals surface area contributed by atoms with Crippen LogP contribution in [0.2, 0.25) is 0 Å². The summed E-state index contributed by atoms with van der Waals surface area (Å²) in [6, 6.07) is 10.3. The number of carbonyl (C=O) groups is 1. The largest absolute Gasteiger partial charge is 0.481 e. The van der Waals surface area contributed by atoms with Gasteiger partial charge in [0.25, 0.3) is 0 Å². The van der Waals surface area contributed by atoms with Crippen molar-refractivity contribution in [2.45, 2.75) is 13.0 Å². The van der Waals surface area contributed by atoms with Gasteiger partial charge in [0.1, 0.15) is 0 Å². The van der Waals surface area contributed by atoms with E-state index in [-0.39, 0.29) is 6.61 Å². The standard InChI is InChI=1S/C14H19NO3/c16-10-13(14(17)18)6-12-8-15(9-12)7-11-4-2-1-3-5-11/h1-5,12-13,16H,6-10H2,(H,17,18). The van der Waals surface area contributed by atoms with Gasteiger partial charge in [0.05, 0.1) is 12.5 Å². The molecule has 1 fully saturated rings. The Hall–Kier alpha value is -1.39. The zero-order valence-corrected chi connectivity index (χ0v) is 10.3. The summed E-state index contributed by atoms with van der Waals surface area (Å²) in [7, 11) is 0. The van der Waals surface area contributed by atoms with E-state index in [1.165, 1.54) is 5.56 Å². The molecule has 0 spiro atoms. The molecule has 0 aromatic heterocycles. The number of aliphatic carboxylic acids is 1. The van der Waals surface area contributed by atoms with Crippen LogP contribution in [0.25, 0.3) is 0 Å². The maximum absolute atomic E-state index is 10.8. The van der Waals surface area contributed by atoms with Crippen LogP contribution in [0.3, 0.4) is 0 Å². The highest BCUT2D eigenvalue weighted by molar-refractivity contribution is 5.70. The summed E-state index contributed by atoms with van der Waals surface area (Å²) in [5.41, 5.74) is 1.29. The molecule has 0 saturated carbocycles. The van der Waals surface area contributed by atoms with Crippen LogP contribution >= 0.6 is 0 Å². The van der Waals surface area contributed by atoms with Crippen molar-refractivity contribution in [3.05, 3.63) is 35.9 Å². The minimum atomic E-state index is -0.890. The van der Waals surface area contributed by atoms with Gasteiger partial charge in [-0.2, -0.15) is 0 Å². The number of aliphatic hydroxyl groups is 1. The summed E-state index contributed by atoms with van der Waals surface area (Å²) in [6.45, 7) is 2.52. The number of rotatable bonds is 6. The number of hydrogen-bond donors (Lipinski definition) is 2. The van der Waals surface area contributed by atoms with Crippen molar-refractivity contribution in [2.24, 2.45) is 11.8 Å². The molecule has 2 N–H and O–H groups in total. The Kier molecular flexibility index (Phi) is 4.33. The topological polar surface area (TPSA) is 60.8 Å². The third-order valence-corrected chi connectivity index (χ3v) is 3.47. The molecule has 4 nitrogen and oxygen atoms in total. The molecular weight excluding hydrogens is 230 g/mol. The monoisotopic (exact) mass is 249 g/mol. The Bertz CT molecular complexity index is 387. The van der Waals surface area contributed by atoms with E-state index < -0.39 is 11.9 Å².